The van der Waals surface area contributed by atoms with E-state index in [9.17, 15) is 5.11 Å². The molecule has 1 saturated carbocycles. The smallest absolute Gasteiger partial charge is 0.140 e. The second-order valence-corrected chi connectivity index (χ2v) is 5.93. The molecule has 0 bridgehead atoms. The molecule has 5 nitrogen and oxygen atoms in total. The topological polar surface area (TPSA) is 69.4 Å². The number of nitrogens with zero attached hydrogens (tertiary/aromatic N) is 3. The van der Waals surface area contributed by atoms with E-state index in [1.165, 1.54) is 0 Å². The summed E-state index contributed by atoms with van der Waals surface area (Å²) in [6, 6.07) is 5.73. The molecule has 1 saturated heterocycles. The van der Waals surface area contributed by atoms with Gasteiger partial charge < -0.3 is 14.7 Å². The summed E-state index contributed by atoms with van der Waals surface area (Å²) in [5, 5.41) is 19.0. The van der Waals surface area contributed by atoms with Crippen LogP contribution in [0.1, 0.15) is 31.9 Å². The number of pyridine rings is 1. The summed E-state index contributed by atoms with van der Waals surface area (Å²) in [6.07, 6.45) is 4.39. The molecule has 0 aromatic carbocycles. The first-order chi connectivity index (χ1) is 10.2. The summed E-state index contributed by atoms with van der Waals surface area (Å²) in [4.78, 5) is 6.40. The maximum Gasteiger partial charge on any atom is 0.140 e. The van der Waals surface area contributed by atoms with Crippen LogP contribution in [0.4, 0.5) is 5.69 Å². The van der Waals surface area contributed by atoms with Crippen LogP contribution < -0.4 is 4.90 Å². The summed E-state index contributed by atoms with van der Waals surface area (Å²) >= 11 is 0. The van der Waals surface area contributed by atoms with E-state index in [1.807, 2.05) is 19.1 Å². The predicted molar refractivity (Wildman–Crippen MR) is 78.9 cm³/mol. The van der Waals surface area contributed by atoms with Gasteiger partial charge in [-0.25, -0.2) is 4.98 Å². The third-order valence-electron chi connectivity index (χ3n) is 5.03. The molecule has 0 unspecified atom stereocenters. The predicted octanol–water partition coefficient (Wildman–Crippen LogP) is 1.71. The van der Waals surface area contributed by atoms with Gasteiger partial charge in [0.15, 0.2) is 0 Å². The molecule has 2 heterocycles. The van der Waals surface area contributed by atoms with Gasteiger partial charge in [-0.15, -0.1) is 0 Å². The van der Waals surface area contributed by atoms with Crippen molar-refractivity contribution in [2.45, 2.75) is 38.4 Å². The highest BCUT2D eigenvalue weighted by molar-refractivity contribution is 5.46. The van der Waals surface area contributed by atoms with E-state index in [0.717, 1.165) is 38.0 Å². The maximum atomic E-state index is 10.2. The lowest BCUT2D eigenvalue weighted by atomic mass is 9.58. The van der Waals surface area contributed by atoms with Gasteiger partial charge in [-0.3, -0.25) is 0 Å². The fourth-order valence-electron chi connectivity index (χ4n) is 3.64. The van der Waals surface area contributed by atoms with E-state index >= 15 is 0 Å². The zero-order chi connectivity index (χ0) is 14.9. The van der Waals surface area contributed by atoms with Gasteiger partial charge >= 0.3 is 0 Å². The Kier molecular flexibility index (Phi) is 3.83. The van der Waals surface area contributed by atoms with Crippen molar-refractivity contribution < 1.29 is 9.84 Å². The lowest BCUT2D eigenvalue weighted by Crippen LogP contribution is -2.62. The molecule has 1 aromatic heterocycles. The van der Waals surface area contributed by atoms with Crippen LogP contribution in [0.3, 0.4) is 0 Å². The lowest BCUT2D eigenvalue weighted by molar-refractivity contribution is -0.199. The number of aliphatic hydroxyl groups excluding tert-OH is 1. The van der Waals surface area contributed by atoms with Gasteiger partial charge in [0.25, 0.3) is 0 Å². The molecule has 1 spiro atoms. The van der Waals surface area contributed by atoms with Crippen molar-refractivity contribution in [2.24, 2.45) is 5.41 Å². The first kappa shape index (κ1) is 14.3. The van der Waals surface area contributed by atoms with Gasteiger partial charge in [0.1, 0.15) is 11.8 Å². The van der Waals surface area contributed by atoms with Crippen molar-refractivity contribution in [2.75, 3.05) is 24.6 Å². The van der Waals surface area contributed by atoms with Gasteiger partial charge in [0.05, 0.1) is 24.1 Å². The first-order valence-electron chi connectivity index (χ1n) is 7.60. The molecule has 1 aliphatic heterocycles. The van der Waals surface area contributed by atoms with E-state index in [1.54, 1.807) is 12.3 Å². The Morgan fingerprint density at radius 1 is 1.48 bits per heavy atom. The largest absolute Gasteiger partial charge is 0.392 e. The minimum Gasteiger partial charge on any atom is -0.392 e. The van der Waals surface area contributed by atoms with Crippen molar-refractivity contribution in [3.05, 3.63) is 24.0 Å². The first-order valence-corrected chi connectivity index (χ1v) is 7.60. The van der Waals surface area contributed by atoms with Crippen LogP contribution in [0.5, 0.6) is 0 Å². The number of nitriles is 1. The number of aliphatic hydroxyl groups is 1. The monoisotopic (exact) mass is 287 g/mol. The van der Waals surface area contributed by atoms with Gasteiger partial charge in [0.2, 0.25) is 0 Å². The quantitative estimate of drug-likeness (QED) is 0.916. The molecule has 1 N–H and O–H groups in total. The normalized spacial score (nSPS) is 27.2. The number of hydrogen-bond acceptors (Lipinski definition) is 5. The van der Waals surface area contributed by atoms with Crippen molar-refractivity contribution in [3.8, 4) is 6.07 Å². The number of ether oxygens (including phenoxy) is 1. The van der Waals surface area contributed by atoms with Crippen molar-refractivity contribution >= 4 is 5.69 Å². The summed E-state index contributed by atoms with van der Waals surface area (Å²) in [6.45, 7) is 4.51. The molecule has 3 rings (SSSR count). The third-order valence-corrected chi connectivity index (χ3v) is 5.03. The molecule has 1 aromatic rings. The van der Waals surface area contributed by atoms with Crippen LogP contribution in [0.2, 0.25) is 0 Å². The highest BCUT2D eigenvalue weighted by atomic mass is 16.5. The second-order valence-electron chi connectivity index (χ2n) is 5.93. The van der Waals surface area contributed by atoms with Crippen molar-refractivity contribution in [1.82, 2.24) is 4.98 Å². The Hall–Kier alpha value is -1.64. The molecule has 0 amide bonds. The van der Waals surface area contributed by atoms with Crippen LogP contribution in [-0.4, -0.2) is 42.0 Å². The molecular weight excluding hydrogens is 266 g/mol. The fraction of sp³-hybridized carbons (Fsp3) is 0.625. The number of anilines is 1. The minimum absolute atomic E-state index is 0.0491. The molecule has 2 aliphatic rings. The number of hydrogen-bond donors (Lipinski definition) is 1. The van der Waals surface area contributed by atoms with Crippen LogP contribution in [0, 0.1) is 16.7 Å². The molecular formula is C16H21N3O2. The molecule has 112 valence electrons. The average Bonchev–Trinajstić information content (AvgIpc) is 2.55. The van der Waals surface area contributed by atoms with E-state index < -0.39 is 0 Å². The molecule has 0 radical (unpaired) electrons. The summed E-state index contributed by atoms with van der Waals surface area (Å²) in [7, 11) is 0. The average molecular weight is 287 g/mol. The molecule has 2 atom stereocenters. The summed E-state index contributed by atoms with van der Waals surface area (Å²) in [5.74, 6) is 0. The SMILES string of the molecule is CCO[C@H]1C[C@H](O)C12CCN(c1ccc(C#N)nc1)CC2. The maximum absolute atomic E-state index is 10.2. The lowest BCUT2D eigenvalue weighted by Gasteiger charge is -2.56. The Morgan fingerprint density at radius 3 is 2.76 bits per heavy atom. The van der Waals surface area contributed by atoms with E-state index in [0.29, 0.717) is 12.3 Å². The standard InChI is InChI=1S/C16H21N3O2/c1-2-21-15-9-14(20)16(15)5-7-19(8-6-16)13-4-3-12(10-17)18-11-13/h3-4,11,14-15,20H,2,5-9H2,1H3/t14-,15-/m0/s1. The van der Waals surface area contributed by atoms with Gasteiger partial charge in [-0.2, -0.15) is 5.26 Å². The van der Waals surface area contributed by atoms with Crippen LogP contribution >= 0.6 is 0 Å². The highest BCUT2D eigenvalue weighted by Crippen LogP contribution is 2.51. The second kappa shape index (κ2) is 5.63. The molecule has 5 heteroatoms. The van der Waals surface area contributed by atoms with Crippen LogP contribution in [0.25, 0.3) is 0 Å². The Labute approximate surface area is 125 Å². The number of piperidine rings is 1. The minimum atomic E-state index is -0.227. The Balaban J connectivity index is 1.65. The van der Waals surface area contributed by atoms with Gasteiger partial charge in [-0.05, 0) is 31.9 Å². The Bertz CT molecular complexity index is 527. The molecule has 1 aliphatic carbocycles. The van der Waals surface area contributed by atoms with Crippen molar-refractivity contribution in [3.63, 3.8) is 0 Å². The third kappa shape index (κ3) is 2.39. The Morgan fingerprint density at radius 2 is 2.24 bits per heavy atom. The van der Waals surface area contributed by atoms with E-state index in [-0.39, 0.29) is 17.6 Å². The van der Waals surface area contributed by atoms with E-state index in [4.69, 9.17) is 10.00 Å². The van der Waals surface area contributed by atoms with Crippen LogP contribution in [-0.2, 0) is 4.74 Å². The van der Waals surface area contributed by atoms with Gasteiger partial charge in [-0.1, -0.05) is 0 Å². The highest BCUT2D eigenvalue weighted by Gasteiger charge is 2.56. The van der Waals surface area contributed by atoms with Crippen LogP contribution in [0.15, 0.2) is 18.3 Å². The van der Waals surface area contributed by atoms with Crippen molar-refractivity contribution in [1.29, 1.82) is 5.26 Å². The molecule has 2 fully saturated rings. The summed E-state index contributed by atoms with van der Waals surface area (Å²) < 4.78 is 5.79. The van der Waals surface area contributed by atoms with Gasteiger partial charge in [0, 0.05) is 31.5 Å². The number of rotatable bonds is 3. The fourth-order valence-corrected chi connectivity index (χ4v) is 3.64. The molecule has 21 heavy (non-hydrogen) atoms. The van der Waals surface area contributed by atoms with E-state index in [2.05, 4.69) is 9.88 Å². The number of aromatic nitrogens is 1. The zero-order valence-electron chi connectivity index (χ0n) is 12.3. The summed E-state index contributed by atoms with van der Waals surface area (Å²) in [5.41, 5.74) is 1.44. The zero-order valence-corrected chi connectivity index (χ0v) is 12.3.